The van der Waals surface area contributed by atoms with Gasteiger partial charge in [0.25, 0.3) is 0 Å². The standard InChI is InChI=1S/C23H26N2O2/c1-16-11-13-23(14-12-16)25-20(15-19(24-25)17-7-4-3-5-8-17)18-9-6-10-21(26-2)22(18)27-23/h3-10,15-16,20,24H,11-14H2,1-2H3/t16?,20-,23?/m1/s1. The van der Waals surface area contributed by atoms with Crippen LogP contribution < -0.4 is 14.9 Å². The van der Waals surface area contributed by atoms with Crippen molar-refractivity contribution < 1.29 is 9.47 Å². The predicted octanol–water partition coefficient (Wildman–Crippen LogP) is 4.90. The van der Waals surface area contributed by atoms with Crippen molar-refractivity contribution in [2.45, 2.75) is 44.4 Å². The molecular formula is C23H26N2O2. The first-order chi connectivity index (χ1) is 13.2. The summed E-state index contributed by atoms with van der Waals surface area (Å²) in [4.78, 5) is 0. The summed E-state index contributed by atoms with van der Waals surface area (Å²) < 4.78 is 12.4. The number of benzene rings is 2. The first-order valence-electron chi connectivity index (χ1n) is 9.89. The van der Waals surface area contributed by atoms with Crippen molar-refractivity contribution in [3.63, 3.8) is 0 Å². The second kappa shape index (κ2) is 6.31. The fraction of sp³-hybridized carbons (Fsp3) is 0.391. The van der Waals surface area contributed by atoms with Crippen LogP contribution in [0, 0.1) is 5.92 Å². The Morgan fingerprint density at radius 2 is 1.85 bits per heavy atom. The summed E-state index contributed by atoms with van der Waals surface area (Å²) in [5.74, 6) is 2.48. The lowest BCUT2D eigenvalue weighted by Crippen LogP contribution is -2.60. The van der Waals surface area contributed by atoms with Gasteiger partial charge in [0.05, 0.1) is 18.8 Å². The molecule has 4 nitrogen and oxygen atoms in total. The van der Waals surface area contributed by atoms with Crippen LogP contribution in [0.1, 0.15) is 49.8 Å². The minimum atomic E-state index is -0.328. The molecule has 3 aliphatic rings. The van der Waals surface area contributed by atoms with Crippen LogP contribution in [0.25, 0.3) is 5.70 Å². The number of nitrogens with zero attached hydrogens (tertiary/aromatic N) is 1. The monoisotopic (exact) mass is 362 g/mol. The van der Waals surface area contributed by atoms with Crippen molar-refractivity contribution in [1.82, 2.24) is 10.4 Å². The zero-order chi connectivity index (χ0) is 18.4. The highest BCUT2D eigenvalue weighted by molar-refractivity contribution is 5.68. The van der Waals surface area contributed by atoms with Crippen molar-refractivity contribution in [2.24, 2.45) is 5.92 Å². The lowest BCUT2D eigenvalue weighted by molar-refractivity contribution is -0.156. The van der Waals surface area contributed by atoms with E-state index in [1.807, 2.05) is 6.07 Å². The highest BCUT2D eigenvalue weighted by Crippen LogP contribution is 2.52. The Bertz CT molecular complexity index is 869. The third-order valence-electron chi connectivity index (χ3n) is 6.26. The third-order valence-corrected chi connectivity index (χ3v) is 6.26. The van der Waals surface area contributed by atoms with Crippen LogP contribution in [-0.4, -0.2) is 17.8 Å². The zero-order valence-corrected chi connectivity index (χ0v) is 15.9. The summed E-state index contributed by atoms with van der Waals surface area (Å²) in [5, 5.41) is 2.35. The summed E-state index contributed by atoms with van der Waals surface area (Å²) in [7, 11) is 1.72. The quantitative estimate of drug-likeness (QED) is 0.824. The van der Waals surface area contributed by atoms with Crippen LogP contribution in [0.15, 0.2) is 54.6 Å². The van der Waals surface area contributed by atoms with E-state index in [0.29, 0.717) is 0 Å². The van der Waals surface area contributed by atoms with E-state index >= 15 is 0 Å². The Morgan fingerprint density at radius 3 is 2.59 bits per heavy atom. The van der Waals surface area contributed by atoms with Gasteiger partial charge in [-0.05, 0) is 36.5 Å². The number of hydrogen-bond acceptors (Lipinski definition) is 4. The normalized spacial score (nSPS) is 29.3. The average molecular weight is 362 g/mol. The topological polar surface area (TPSA) is 33.7 Å². The van der Waals surface area contributed by atoms with Crippen molar-refractivity contribution in [2.75, 3.05) is 7.11 Å². The summed E-state index contributed by atoms with van der Waals surface area (Å²) in [6, 6.07) is 16.9. The molecule has 0 bridgehead atoms. The fourth-order valence-electron chi connectivity index (χ4n) is 4.66. The molecule has 1 fully saturated rings. The van der Waals surface area contributed by atoms with E-state index < -0.39 is 0 Å². The second-order valence-corrected chi connectivity index (χ2v) is 7.98. The molecule has 0 unspecified atom stereocenters. The number of hydrogen-bond donors (Lipinski definition) is 1. The number of rotatable bonds is 2. The molecule has 140 valence electrons. The van der Waals surface area contributed by atoms with Gasteiger partial charge in [-0.15, -0.1) is 0 Å². The van der Waals surface area contributed by atoms with Gasteiger partial charge in [0.2, 0.25) is 0 Å². The highest BCUT2D eigenvalue weighted by Gasteiger charge is 2.52. The molecule has 4 heteroatoms. The number of hydrazine groups is 1. The Kier molecular flexibility index (Phi) is 3.90. The number of para-hydroxylation sites is 1. The van der Waals surface area contributed by atoms with Gasteiger partial charge in [-0.2, -0.15) is 5.01 Å². The molecule has 0 radical (unpaired) electrons. The number of fused-ring (bicyclic) bond motifs is 4. The maximum atomic E-state index is 6.73. The maximum Gasteiger partial charge on any atom is 0.180 e. The molecule has 2 aliphatic heterocycles. The van der Waals surface area contributed by atoms with Crippen LogP contribution >= 0.6 is 0 Å². The predicted molar refractivity (Wildman–Crippen MR) is 106 cm³/mol. The van der Waals surface area contributed by atoms with Crippen LogP contribution in [0.5, 0.6) is 11.5 Å². The van der Waals surface area contributed by atoms with Gasteiger partial charge in [-0.3, -0.25) is 0 Å². The summed E-state index contributed by atoms with van der Waals surface area (Å²) >= 11 is 0. The van der Waals surface area contributed by atoms with Crippen LogP contribution in [-0.2, 0) is 0 Å². The molecule has 0 aromatic heterocycles. The molecule has 1 atom stereocenters. The maximum absolute atomic E-state index is 6.73. The SMILES string of the molecule is COc1cccc2c1OC1(CCC(C)CC1)N1NC(c3ccccc3)=C[C@H]21. The first-order valence-corrected chi connectivity index (χ1v) is 9.89. The summed E-state index contributed by atoms with van der Waals surface area (Å²) in [6.07, 6.45) is 6.72. The van der Waals surface area contributed by atoms with Gasteiger partial charge in [-0.1, -0.05) is 49.4 Å². The second-order valence-electron chi connectivity index (χ2n) is 7.98. The van der Waals surface area contributed by atoms with Crippen molar-refractivity contribution >= 4 is 5.70 Å². The van der Waals surface area contributed by atoms with Crippen molar-refractivity contribution in [1.29, 1.82) is 0 Å². The Morgan fingerprint density at radius 1 is 1.07 bits per heavy atom. The van der Waals surface area contributed by atoms with Gasteiger partial charge in [0.1, 0.15) is 0 Å². The zero-order valence-electron chi connectivity index (χ0n) is 15.9. The summed E-state index contributed by atoms with van der Waals surface area (Å²) in [5.41, 5.74) is 6.88. The van der Waals surface area contributed by atoms with Gasteiger partial charge >= 0.3 is 0 Å². The van der Waals surface area contributed by atoms with Crippen molar-refractivity contribution in [3.8, 4) is 11.5 Å². The van der Waals surface area contributed by atoms with Gasteiger partial charge < -0.3 is 14.9 Å². The largest absolute Gasteiger partial charge is 0.493 e. The summed E-state index contributed by atoms with van der Waals surface area (Å²) in [6.45, 7) is 2.34. The van der Waals surface area contributed by atoms with Gasteiger partial charge in [0, 0.05) is 18.4 Å². The van der Waals surface area contributed by atoms with E-state index in [1.54, 1.807) is 7.11 Å². The molecule has 0 saturated heterocycles. The minimum Gasteiger partial charge on any atom is -0.493 e. The molecule has 2 aromatic rings. The lowest BCUT2D eigenvalue weighted by atomic mass is 9.82. The number of ether oxygens (including phenoxy) is 2. The molecule has 1 spiro atoms. The van der Waals surface area contributed by atoms with E-state index in [-0.39, 0.29) is 11.8 Å². The van der Waals surface area contributed by atoms with E-state index in [4.69, 9.17) is 9.47 Å². The molecule has 2 aromatic carbocycles. The molecule has 1 saturated carbocycles. The molecular weight excluding hydrogens is 336 g/mol. The third kappa shape index (κ3) is 2.62. The highest BCUT2D eigenvalue weighted by atomic mass is 16.5. The molecule has 5 rings (SSSR count). The molecule has 27 heavy (non-hydrogen) atoms. The fourth-order valence-corrected chi connectivity index (χ4v) is 4.66. The smallest absolute Gasteiger partial charge is 0.180 e. The average Bonchev–Trinajstić information content (AvgIpc) is 3.17. The van der Waals surface area contributed by atoms with Gasteiger partial charge in [0.15, 0.2) is 17.2 Å². The van der Waals surface area contributed by atoms with Crippen LogP contribution in [0.2, 0.25) is 0 Å². The van der Waals surface area contributed by atoms with E-state index in [0.717, 1.165) is 41.5 Å². The number of nitrogens with one attached hydrogen (secondary N) is 1. The Labute approximate surface area is 160 Å². The Hall–Kier alpha value is -2.46. The minimum absolute atomic E-state index is 0.146. The molecule has 1 N–H and O–H groups in total. The van der Waals surface area contributed by atoms with Crippen molar-refractivity contribution in [3.05, 3.63) is 65.7 Å². The van der Waals surface area contributed by atoms with E-state index in [2.05, 4.69) is 65.9 Å². The molecule has 1 aliphatic carbocycles. The van der Waals surface area contributed by atoms with E-state index in [9.17, 15) is 0 Å². The van der Waals surface area contributed by atoms with Crippen LogP contribution in [0.4, 0.5) is 0 Å². The molecule has 2 heterocycles. The lowest BCUT2D eigenvalue weighted by Gasteiger charge is -2.51. The van der Waals surface area contributed by atoms with E-state index in [1.165, 1.54) is 18.4 Å². The van der Waals surface area contributed by atoms with Crippen LogP contribution in [0.3, 0.4) is 0 Å². The number of methoxy groups -OCH3 is 1. The first kappa shape index (κ1) is 16.7. The Balaban J connectivity index is 1.61. The molecule has 0 amide bonds. The van der Waals surface area contributed by atoms with Gasteiger partial charge in [-0.25, -0.2) is 0 Å².